The van der Waals surface area contributed by atoms with Crippen molar-refractivity contribution in [1.29, 1.82) is 0 Å². The maximum atomic E-state index is 10.4. The molecule has 20 heavy (non-hydrogen) atoms. The molecule has 0 saturated heterocycles. The maximum Gasteiger partial charge on any atom is 0.303 e. The average molecular weight is 281 g/mol. The molecule has 116 valence electrons. The van der Waals surface area contributed by atoms with E-state index in [2.05, 4.69) is 38.9 Å². The molecule has 0 heterocycles. The number of hydrogen-bond donors (Lipinski definition) is 1. The number of hydrogen-bond acceptors (Lipinski definition) is 2. The Kier molecular flexibility index (Phi) is 11.1. The van der Waals surface area contributed by atoms with Crippen LogP contribution in [0.4, 0.5) is 0 Å². The summed E-state index contributed by atoms with van der Waals surface area (Å²) in [5.74, 6) is -0.720. The topological polar surface area (TPSA) is 40.5 Å². The van der Waals surface area contributed by atoms with E-state index in [9.17, 15) is 4.79 Å². The predicted molar refractivity (Wildman–Crippen MR) is 86.0 cm³/mol. The van der Waals surface area contributed by atoms with Crippen molar-refractivity contribution in [2.75, 3.05) is 20.6 Å². The van der Waals surface area contributed by atoms with E-state index in [1.165, 1.54) is 37.0 Å². The second kappa shape index (κ2) is 11.7. The molecule has 0 radical (unpaired) electrons. The van der Waals surface area contributed by atoms with Gasteiger partial charge in [0.25, 0.3) is 0 Å². The molecular formula is C17H31NO2. The zero-order chi connectivity index (χ0) is 15.4. The molecule has 0 aromatic carbocycles. The Morgan fingerprint density at radius 1 is 0.950 bits per heavy atom. The number of aliphatic carboxylic acids is 1. The first-order chi connectivity index (χ1) is 9.41. The van der Waals surface area contributed by atoms with Crippen LogP contribution in [0.25, 0.3) is 0 Å². The van der Waals surface area contributed by atoms with Crippen LogP contribution in [0.15, 0.2) is 23.3 Å². The Labute approximate surface area is 124 Å². The Morgan fingerprint density at radius 2 is 1.50 bits per heavy atom. The third-order valence-corrected chi connectivity index (χ3v) is 3.31. The molecule has 0 fully saturated rings. The standard InChI is InChI=1S/C17H31NO2/c1-15(9-5-6-14-18(3)4)10-7-11-16(2)12-8-13-17(19)20/h10,12H,5-9,11,13-14H2,1-4H3,(H,19,20)/b15-10+,16-12+. The van der Waals surface area contributed by atoms with Crippen LogP contribution in [0.1, 0.15) is 58.8 Å². The number of carboxylic acid groups (broad SMARTS) is 1. The first-order valence-electron chi connectivity index (χ1n) is 7.59. The van der Waals surface area contributed by atoms with E-state index >= 15 is 0 Å². The van der Waals surface area contributed by atoms with Gasteiger partial charge < -0.3 is 10.0 Å². The second-order valence-corrected chi connectivity index (χ2v) is 5.83. The number of nitrogens with zero attached hydrogens (tertiary/aromatic N) is 1. The molecule has 0 aliphatic rings. The fourth-order valence-electron chi connectivity index (χ4n) is 2.02. The van der Waals surface area contributed by atoms with Crippen LogP contribution in [0, 0.1) is 0 Å². The van der Waals surface area contributed by atoms with Crippen LogP contribution in [0.5, 0.6) is 0 Å². The lowest BCUT2D eigenvalue weighted by molar-refractivity contribution is -0.136. The van der Waals surface area contributed by atoms with E-state index in [0.29, 0.717) is 6.42 Å². The average Bonchev–Trinajstić information content (AvgIpc) is 2.34. The van der Waals surface area contributed by atoms with Gasteiger partial charge in [0.2, 0.25) is 0 Å². The van der Waals surface area contributed by atoms with Gasteiger partial charge in [-0.15, -0.1) is 0 Å². The first kappa shape index (κ1) is 18.9. The lowest BCUT2D eigenvalue weighted by Gasteiger charge is -2.08. The predicted octanol–water partition coefficient (Wildman–Crippen LogP) is 4.26. The number of carboxylic acids is 1. The summed E-state index contributed by atoms with van der Waals surface area (Å²) in [4.78, 5) is 12.6. The van der Waals surface area contributed by atoms with E-state index in [0.717, 1.165) is 12.8 Å². The minimum absolute atomic E-state index is 0.234. The molecule has 0 aliphatic carbocycles. The van der Waals surface area contributed by atoms with Gasteiger partial charge in [-0.05, 0) is 73.0 Å². The van der Waals surface area contributed by atoms with E-state index in [1.54, 1.807) is 0 Å². The van der Waals surface area contributed by atoms with Gasteiger partial charge in [-0.25, -0.2) is 0 Å². The minimum Gasteiger partial charge on any atom is -0.481 e. The van der Waals surface area contributed by atoms with Crippen LogP contribution in [0.2, 0.25) is 0 Å². The molecule has 0 aromatic rings. The minimum atomic E-state index is -0.720. The molecule has 1 N–H and O–H groups in total. The van der Waals surface area contributed by atoms with Crippen LogP contribution in [0.3, 0.4) is 0 Å². The zero-order valence-corrected chi connectivity index (χ0v) is 13.6. The summed E-state index contributed by atoms with van der Waals surface area (Å²) in [5, 5.41) is 8.57. The molecule has 0 aromatic heterocycles. The molecule has 0 aliphatic heterocycles. The van der Waals surface area contributed by atoms with Crippen molar-refractivity contribution in [2.24, 2.45) is 0 Å². The SMILES string of the molecule is C/C(=C\CCC(=O)O)CC/C=C(\C)CCCCN(C)C. The second-order valence-electron chi connectivity index (χ2n) is 5.83. The van der Waals surface area contributed by atoms with Gasteiger partial charge in [-0.1, -0.05) is 23.3 Å². The summed E-state index contributed by atoms with van der Waals surface area (Å²) in [6, 6.07) is 0. The zero-order valence-electron chi connectivity index (χ0n) is 13.6. The number of allylic oxidation sites excluding steroid dienone is 4. The Morgan fingerprint density at radius 3 is 2.05 bits per heavy atom. The smallest absolute Gasteiger partial charge is 0.303 e. The molecule has 0 amide bonds. The Hall–Kier alpha value is -1.09. The highest BCUT2D eigenvalue weighted by Crippen LogP contribution is 2.12. The van der Waals surface area contributed by atoms with Gasteiger partial charge >= 0.3 is 5.97 Å². The van der Waals surface area contributed by atoms with Crippen LogP contribution >= 0.6 is 0 Å². The highest BCUT2D eigenvalue weighted by atomic mass is 16.4. The molecule has 0 saturated carbocycles. The van der Waals surface area contributed by atoms with Crippen molar-refractivity contribution in [3.8, 4) is 0 Å². The van der Waals surface area contributed by atoms with Crippen molar-refractivity contribution in [3.05, 3.63) is 23.3 Å². The van der Waals surface area contributed by atoms with Gasteiger partial charge in [0, 0.05) is 6.42 Å². The molecule has 0 rings (SSSR count). The van der Waals surface area contributed by atoms with Crippen molar-refractivity contribution < 1.29 is 9.90 Å². The van der Waals surface area contributed by atoms with E-state index < -0.39 is 5.97 Å². The molecule has 0 bridgehead atoms. The Bertz CT molecular complexity index is 330. The summed E-state index contributed by atoms with van der Waals surface area (Å²) in [7, 11) is 4.23. The molecule has 3 nitrogen and oxygen atoms in total. The van der Waals surface area contributed by atoms with Crippen molar-refractivity contribution in [3.63, 3.8) is 0 Å². The monoisotopic (exact) mass is 281 g/mol. The largest absolute Gasteiger partial charge is 0.481 e. The molecule has 3 heteroatoms. The Balaban J connectivity index is 3.73. The van der Waals surface area contributed by atoms with Gasteiger partial charge in [-0.2, -0.15) is 0 Å². The van der Waals surface area contributed by atoms with Crippen molar-refractivity contribution >= 4 is 5.97 Å². The molecule has 0 atom stereocenters. The number of unbranched alkanes of at least 4 members (excludes halogenated alkanes) is 1. The van der Waals surface area contributed by atoms with Crippen LogP contribution < -0.4 is 0 Å². The summed E-state index contributed by atoms with van der Waals surface area (Å²) in [6.07, 6.45) is 11.1. The summed E-state index contributed by atoms with van der Waals surface area (Å²) in [6.45, 7) is 5.46. The normalized spacial score (nSPS) is 13.1. The maximum absolute atomic E-state index is 10.4. The van der Waals surface area contributed by atoms with Gasteiger partial charge in [0.15, 0.2) is 0 Å². The van der Waals surface area contributed by atoms with Crippen LogP contribution in [-0.4, -0.2) is 36.6 Å². The lowest BCUT2D eigenvalue weighted by Crippen LogP contribution is -2.12. The van der Waals surface area contributed by atoms with Crippen molar-refractivity contribution in [1.82, 2.24) is 4.90 Å². The molecule has 0 unspecified atom stereocenters. The van der Waals surface area contributed by atoms with Gasteiger partial charge in [-0.3, -0.25) is 4.79 Å². The lowest BCUT2D eigenvalue weighted by atomic mass is 10.1. The van der Waals surface area contributed by atoms with Crippen molar-refractivity contribution in [2.45, 2.75) is 58.8 Å². The highest BCUT2D eigenvalue weighted by Gasteiger charge is 1.96. The van der Waals surface area contributed by atoms with Gasteiger partial charge in [0.05, 0.1) is 0 Å². The summed E-state index contributed by atoms with van der Waals surface area (Å²) >= 11 is 0. The fourth-order valence-corrected chi connectivity index (χ4v) is 2.02. The summed E-state index contributed by atoms with van der Waals surface area (Å²) < 4.78 is 0. The van der Waals surface area contributed by atoms with E-state index in [-0.39, 0.29) is 6.42 Å². The number of rotatable bonds is 11. The fraction of sp³-hybridized carbons (Fsp3) is 0.706. The highest BCUT2D eigenvalue weighted by molar-refractivity contribution is 5.66. The third kappa shape index (κ3) is 13.3. The molecule has 0 spiro atoms. The van der Waals surface area contributed by atoms with E-state index in [1.807, 2.05) is 6.08 Å². The third-order valence-electron chi connectivity index (χ3n) is 3.31. The summed E-state index contributed by atoms with van der Waals surface area (Å²) in [5.41, 5.74) is 2.77. The quantitative estimate of drug-likeness (QED) is 0.454. The van der Waals surface area contributed by atoms with Gasteiger partial charge in [0.1, 0.15) is 0 Å². The molecular weight excluding hydrogens is 250 g/mol. The first-order valence-corrected chi connectivity index (χ1v) is 7.59. The van der Waals surface area contributed by atoms with E-state index in [4.69, 9.17) is 5.11 Å². The van der Waals surface area contributed by atoms with Crippen LogP contribution in [-0.2, 0) is 4.79 Å². The number of carbonyl (C=O) groups is 1.